The Bertz CT molecular complexity index is 136. The Balaban J connectivity index is 2.80. The summed E-state index contributed by atoms with van der Waals surface area (Å²) in [7, 11) is 1.76. The first-order chi connectivity index (χ1) is 4.90. The molecule has 2 heteroatoms. The average Bonchev–Trinajstić information content (AvgIpc) is 2.03. The van der Waals surface area contributed by atoms with E-state index < -0.39 is 0 Å². The van der Waals surface area contributed by atoms with Crippen molar-refractivity contribution in [2.24, 2.45) is 0 Å². The molecule has 1 rings (SSSR count). The molecular weight excluding hydrogens is 138 g/mol. The molecule has 0 unspecified atom stereocenters. The maximum absolute atomic E-state index is 5.38. The van der Waals surface area contributed by atoms with E-state index in [1.54, 1.807) is 7.11 Å². The zero-order chi connectivity index (χ0) is 8.70. The van der Waals surface area contributed by atoms with Crippen molar-refractivity contribution < 1.29 is 4.84 Å². The minimum Gasteiger partial charge on any atom is -0.301 e. The van der Waals surface area contributed by atoms with Crippen LogP contribution in [0.1, 0.15) is 40.5 Å². The lowest BCUT2D eigenvalue weighted by Crippen LogP contribution is -2.47. The molecule has 1 aliphatic rings. The van der Waals surface area contributed by atoms with Gasteiger partial charge in [0.2, 0.25) is 0 Å². The molecule has 0 aromatic carbocycles. The molecule has 2 nitrogen and oxygen atoms in total. The molecule has 0 spiro atoms. The standard InChI is InChI=1S/C9H19NO/c1-8(2)6-7-9(3,4)10(8)11-5/h6-7H2,1-5H3. The van der Waals surface area contributed by atoms with E-state index >= 15 is 0 Å². The van der Waals surface area contributed by atoms with Gasteiger partial charge < -0.3 is 4.84 Å². The second-order valence-corrected chi connectivity index (χ2v) is 4.60. The van der Waals surface area contributed by atoms with Crippen LogP contribution in [0.25, 0.3) is 0 Å². The van der Waals surface area contributed by atoms with Gasteiger partial charge in [-0.05, 0) is 40.5 Å². The summed E-state index contributed by atoms with van der Waals surface area (Å²) in [4.78, 5) is 5.38. The highest BCUT2D eigenvalue weighted by molar-refractivity contribution is 4.95. The summed E-state index contributed by atoms with van der Waals surface area (Å²) in [6.07, 6.45) is 2.43. The Morgan fingerprint density at radius 3 is 1.55 bits per heavy atom. The first kappa shape index (κ1) is 9.01. The Morgan fingerprint density at radius 1 is 1.00 bits per heavy atom. The highest BCUT2D eigenvalue weighted by atomic mass is 16.7. The summed E-state index contributed by atoms with van der Waals surface area (Å²) in [5.41, 5.74) is 0.413. The summed E-state index contributed by atoms with van der Waals surface area (Å²) in [5.74, 6) is 0. The highest BCUT2D eigenvalue weighted by Crippen LogP contribution is 2.39. The van der Waals surface area contributed by atoms with Gasteiger partial charge in [0.05, 0.1) is 7.11 Å². The van der Waals surface area contributed by atoms with Crippen molar-refractivity contribution in [3.8, 4) is 0 Å². The minimum atomic E-state index is 0.207. The lowest BCUT2D eigenvalue weighted by atomic mass is 10.0. The molecule has 66 valence electrons. The van der Waals surface area contributed by atoms with E-state index in [4.69, 9.17) is 4.84 Å². The monoisotopic (exact) mass is 157 g/mol. The van der Waals surface area contributed by atoms with Gasteiger partial charge in [-0.1, -0.05) is 0 Å². The molecule has 1 fully saturated rings. The number of rotatable bonds is 1. The van der Waals surface area contributed by atoms with Gasteiger partial charge in [0.15, 0.2) is 0 Å². The number of nitrogens with zero attached hydrogens (tertiary/aromatic N) is 1. The molecule has 1 aliphatic heterocycles. The molecule has 0 atom stereocenters. The van der Waals surface area contributed by atoms with Gasteiger partial charge in [-0.2, -0.15) is 5.06 Å². The molecule has 1 saturated heterocycles. The van der Waals surface area contributed by atoms with E-state index in [0.29, 0.717) is 0 Å². The van der Waals surface area contributed by atoms with Crippen LogP contribution < -0.4 is 0 Å². The third kappa shape index (κ3) is 1.42. The molecule has 0 amide bonds. The van der Waals surface area contributed by atoms with E-state index in [0.717, 1.165) is 0 Å². The van der Waals surface area contributed by atoms with Gasteiger partial charge in [-0.25, -0.2) is 0 Å². The summed E-state index contributed by atoms with van der Waals surface area (Å²) in [6.45, 7) is 8.91. The Morgan fingerprint density at radius 2 is 1.36 bits per heavy atom. The van der Waals surface area contributed by atoms with Crippen LogP contribution in [0.15, 0.2) is 0 Å². The van der Waals surface area contributed by atoms with Crippen molar-refractivity contribution in [2.45, 2.75) is 51.6 Å². The third-order valence-electron chi connectivity index (χ3n) is 2.63. The molecule has 0 bridgehead atoms. The molecular formula is C9H19NO. The average molecular weight is 157 g/mol. The topological polar surface area (TPSA) is 12.5 Å². The second kappa shape index (κ2) is 2.46. The fraction of sp³-hybridized carbons (Fsp3) is 1.00. The molecule has 0 saturated carbocycles. The maximum Gasteiger partial charge on any atom is 0.0575 e. The van der Waals surface area contributed by atoms with Gasteiger partial charge in [0.1, 0.15) is 0 Å². The van der Waals surface area contributed by atoms with E-state index in [-0.39, 0.29) is 11.1 Å². The predicted octanol–water partition coefficient (Wildman–Crippen LogP) is 2.20. The van der Waals surface area contributed by atoms with Gasteiger partial charge >= 0.3 is 0 Å². The molecule has 0 aliphatic carbocycles. The quantitative estimate of drug-likeness (QED) is 0.578. The lowest BCUT2D eigenvalue weighted by molar-refractivity contribution is -0.219. The van der Waals surface area contributed by atoms with Crippen molar-refractivity contribution in [2.75, 3.05) is 7.11 Å². The molecule has 1 heterocycles. The van der Waals surface area contributed by atoms with Gasteiger partial charge in [-0.15, -0.1) is 0 Å². The maximum atomic E-state index is 5.38. The molecule has 0 N–H and O–H groups in total. The van der Waals surface area contributed by atoms with E-state index in [2.05, 4.69) is 32.8 Å². The normalized spacial score (nSPS) is 29.2. The van der Waals surface area contributed by atoms with Crippen LogP contribution in [0.2, 0.25) is 0 Å². The Kier molecular flexibility index (Phi) is 2.01. The Hall–Kier alpha value is -0.0800. The van der Waals surface area contributed by atoms with Crippen molar-refractivity contribution in [3.05, 3.63) is 0 Å². The fourth-order valence-electron chi connectivity index (χ4n) is 2.13. The van der Waals surface area contributed by atoms with Crippen LogP contribution >= 0.6 is 0 Å². The number of hydrogen-bond donors (Lipinski definition) is 0. The predicted molar refractivity (Wildman–Crippen MR) is 46.2 cm³/mol. The second-order valence-electron chi connectivity index (χ2n) is 4.60. The molecule has 0 aromatic rings. The Labute approximate surface area is 69.5 Å². The van der Waals surface area contributed by atoms with Gasteiger partial charge in [0.25, 0.3) is 0 Å². The zero-order valence-electron chi connectivity index (χ0n) is 8.27. The third-order valence-corrected chi connectivity index (χ3v) is 2.63. The molecule has 0 aromatic heterocycles. The van der Waals surface area contributed by atoms with Crippen LogP contribution in [-0.2, 0) is 4.84 Å². The first-order valence-corrected chi connectivity index (χ1v) is 4.25. The lowest BCUT2D eigenvalue weighted by Gasteiger charge is -2.37. The van der Waals surface area contributed by atoms with E-state index in [9.17, 15) is 0 Å². The smallest absolute Gasteiger partial charge is 0.0575 e. The van der Waals surface area contributed by atoms with Crippen molar-refractivity contribution in [3.63, 3.8) is 0 Å². The van der Waals surface area contributed by atoms with Crippen molar-refractivity contribution >= 4 is 0 Å². The van der Waals surface area contributed by atoms with Crippen LogP contribution in [-0.4, -0.2) is 23.3 Å². The summed E-state index contributed by atoms with van der Waals surface area (Å²) >= 11 is 0. The summed E-state index contributed by atoms with van der Waals surface area (Å²) < 4.78 is 0. The molecule has 11 heavy (non-hydrogen) atoms. The summed E-state index contributed by atoms with van der Waals surface area (Å²) in [5, 5.41) is 2.11. The number of hydrogen-bond acceptors (Lipinski definition) is 2. The molecule has 0 radical (unpaired) electrons. The summed E-state index contributed by atoms with van der Waals surface area (Å²) in [6, 6.07) is 0. The SMILES string of the molecule is CON1C(C)(C)CCC1(C)C. The zero-order valence-corrected chi connectivity index (χ0v) is 8.27. The van der Waals surface area contributed by atoms with Crippen molar-refractivity contribution in [1.82, 2.24) is 5.06 Å². The van der Waals surface area contributed by atoms with Gasteiger partial charge in [-0.3, -0.25) is 0 Å². The van der Waals surface area contributed by atoms with Crippen LogP contribution in [0, 0.1) is 0 Å². The van der Waals surface area contributed by atoms with Crippen LogP contribution in [0.4, 0.5) is 0 Å². The number of hydroxylamine groups is 2. The van der Waals surface area contributed by atoms with E-state index in [1.165, 1.54) is 12.8 Å². The highest BCUT2D eigenvalue weighted by Gasteiger charge is 2.45. The van der Waals surface area contributed by atoms with Gasteiger partial charge in [0, 0.05) is 11.1 Å². The largest absolute Gasteiger partial charge is 0.301 e. The van der Waals surface area contributed by atoms with E-state index in [1.807, 2.05) is 0 Å². The van der Waals surface area contributed by atoms with Crippen LogP contribution in [0.3, 0.4) is 0 Å². The minimum absolute atomic E-state index is 0.207. The van der Waals surface area contributed by atoms with Crippen molar-refractivity contribution in [1.29, 1.82) is 0 Å². The fourth-order valence-corrected chi connectivity index (χ4v) is 2.13. The first-order valence-electron chi connectivity index (χ1n) is 4.25. The van der Waals surface area contributed by atoms with Crippen LogP contribution in [0.5, 0.6) is 0 Å².